The summed E-state index contributed by atoms with van der Waals surface area (Å²) in [4.78, 5) is 21.5. The molecule has 0 atom stereocenters. The summed E-state index contributed by atoms with van der Waals surface area (Å²) in [5, 5.41) is 10.5. The SMILES string of the molecule is NCC#CCC(=O)c1cccc([N+](=O)[O-])c1. The summed E-state index contributed by atoms with van der Waals surface area (Å²) < 4.78 is 0. The highest BCUT2D eigenvalue weighted by atomic mass is 16.6. The monoisotopic (exact) mass is 218 g/mol. The van der Waals surface area contributed by atoms with Gasteiger partial charge in [0.2, 0.25) is 0 Å². The number of carbonyl (C=O) groups is 1. The average Bonchev–Trinajstić information content (AvgIpc) is 2.29. The molecule has 0 aliphatic rings. The predicted octanol–water partition coefficient (Wildman–Crippen LogP) is 1.13. The van der Waals surface area contributed by atoms with Crippen molar-refractivity contribution in [1.82, 2.24) is 0 Å². The van der Waals surface area contributed by atoms with Crippen LogP contribution in [0.5, 0.6) is 0 Å². The first-order chi connectivity index (χ1) is 7.65. The normalized spacial score (nSPS) is 9.06. The molecule has 0 aliphatic carbocycles. The Morgan fingerprint density at radius 3 is 2.81 bits per heavy atom. The number of nitrogens with two attached hydrogens (primary N) is 1. The van der Waals surface area contributed by atoms with Crippen LogP contribution < -0.4 is 5.73 Å². The summed E-state index contributed by atoms with van der Waals surface area (Å²) in [6.45, 7) is 0.197. The number of non-ortho nitro benzene ring substituents is 1. The first-order valence-electron chi connectivity index (χ1n) is 4.58. The van der Waals surface area contributed by atoms with E-state index in [2.05, 4.69) is 11.8 Å². The van der Waals surface area contributed by atoms with Crippen LogP contribution in [0.25, 0.3) is 0 Å². The number of benzene rings is 1. The standard InChI is InChI=1S/C11H10N2O3/c12-7-2-1-6-11(14)9-4-3-5-10(8-9)13(15)16/h3-5,8H,6-7,12H2. The van der Waals surface area contributed by atoms with Crippen molar-refractivity contribution in [3.05, 3.63) is 39.9 Å². The predicted molar refractivity (Wildman–Crippen MR) is 58.9 cm³/mol. The molecule has 0 aliphatic heterocycles. The van der Waals surface area contributed by atoms with E-state index in [1.165, 1.54) is 24.3 Å². The Hall–Kier alpha value is -2.19. The van der Waals surface area contributed by atoms with E-state index in [4.69, 9.17) is 5.73 Å². The van der Waals surface area contributed by atoms with Gasteiger partial charge in [-0.3, -0.25) is 14.9 Å². The van der Waals surface area contributed by atoms with E-state index in [9.17, 15) is 14.9 Å². The van der Waals surface area contributed by atoms with Gasteiger partial charge in [-0.1, -0.05) is 24.0 Å². The minimum atomic E-state index is -0.539. The maximum absolute atomic E-state index is 11.5. The van der Waals surface area contributed by atoms with Gasteiger partial charge < -0.3 is 5.73 Å². The lowest BCUT2D eigenvalue weighted by molar-refractivity contribution is -0.384. The lowest BCUT2D eigenvalue weighted by Crippen LogP contribution is -1.99. The number of nitro groups is 1. The number of carbonyl (C=O) groups excluding carboxylic acids is 1. The molecule has 2 N–H and O–H groups in total. The van der Waals surface area contributed by atoms with Gasteiger partial charge in [0.15, 0.2) is 5.78 Å². The number of Topliss-reactive ketones (excluding diaryl/α,β-unsaturated/α-hetero) is 1. The zero-order valence-electron chi connectivity index (χ0n) is 8.47. The number of ketones is 1. The lowest BCUT2D eigenvalue weighted by atomic mass is 10.1. The van der Waals surface area contributed by atoms with Crippen molar-refractivity contribution in [3.8, 4) is 11.8 Å². The summed E-state index contributed by atoms with van der Waals surface area (Å²) in [5.74, 6) is 4.90. The number of nitrogens with zero attached hydrogens (tertiary/aromatic N) is 1. The van der Waals surface area contributed by atoms with Gasteiger partial charge in [-0.2, -0.15) is 0 Å². The first kappa shape index (κ1) is 11.9. The Labute approximate surface area is 92.4 Å². The van der Waals surface area contributed by atoms with Crippen molar-refractivity contribution in [2.24, 2.45) is 5.73 Å². The van der Waals surface area contributed by atoms with Crippen LogP contribution in [-0.2, 0) is 0 Å². The lowest BCUT2D eigenvalue weighted by Gasteiger charge is -1.96. The topological polar surface area (TPSA) is 86.2 Å². The molecule has 0 aromatic heterocycles. The van der Waals surface area contributed by atoms with E-state index in [0.717, 1.165) is 0 Å². The van der Waals surface area contributed by atoms with Crippen molar-refractivity contribution >= 4 is 11.5 Å². The van der Waals surface area contributed by atoms with Crippen molar-refractivity contribution in [2.75, 3.05) is 6.54 Å². The van der Waals surface area contributed by atoms with Gasteiger partial charge in [-0.05, 0) is 0 Å². The molecule has 1 aromatic carbocycles. The highest BCUT2D eigenvalue weighted by Gasteiger charge is 2.10. The second-order valence-corrected chi connectivity index (χ2v) is 2.97. The summed E-state index contributed by atoms with van der Waals surface area (Å²) in [7, 11) is 0. The van der Waals surface area contributed by atoms with Crippen LogP contribution in [0.3, 0.4) is 0 Å². The number of rotatable bonds is 3. The zero-order chi connectivity index (χ0) is 12.0. The van der Waals surface area contributed by atoms with Crippen LogP contribution in [0.2, 0.25) is 0 Å². The summed E-state index contributed by atoms with van der Waals surface area (Å²) >= 11 is 0. The molecule has 0 spiro atoms. The molecule has 0 radical (unpaired) electrons. The highest BCUT2D eigenvalue weighted by Crippen LogP contribution is 2.14. The van der Waals surface area contributed by atoms with Crippen molar-refractivity contribution < 1.29 is 9.72 Å². The Morgan fingerprint density at radius 2 is 2.19 bits per heavy atom. The molecular formula is C11H10N2O3. The molecule has 16 heavy (non-hydrogen) atoms. The van der Waals surface area contributed by atoms with Crippen LogP contribution in [0.4, 0.5) is 5.69 Å². The third kappa shape index (κ3) is 3.19. The largest absolute Gasteiger partial charge is 0.320 e. The maximum Gasteiger partial charge on any atom is 0.270 e. The quantitative estimate of drug-likeness (QED) is 0.356. The maximum atomic E-state index is 11.5. The van der Waals surface area contributed by atoms with Crippen LogP contribution >= 0.6 is 0 Å². The highest BCUT2D eigenvalue weighted by molar-refractivity contribution is 5.98. The number of hydrogen-bond donors (Lipinski definition) is 1. The van der Waals surface area contributed by atoms with Crippen LogP contribution in [0.1, 0.15) is 16.8 Å². The summed E-state index contributed by atoms with van der Waals surface area (Å²) in [6, 6.07) is 5.58. The fourth-order valence-corrected chi connectivity index (χ4v) is 1.11. The van der Waals surface area contributed by atoms with Gasteiger partial charge in [-0.15, -0.1) is 0 Å². The second-order valence-electron chi connectivity index (χ2n) is 2.97. The van der Waals surface area contributed by atoms with Gasteiger partial charge in [0.1, 0.15) is 0 Å². The molecule has 1 aromatic rings. The molecule has 0 heterocycles. The van der Waals surface area contributed by atoms with Gasteiger partial charge in [0.25, 0.3) is 5.69 Å². The van der Waals surface area contributed by atoms with Crippen LogP contribution in [0, 0.1) is 22.0 Å². The van der Waals surface area contributed by atoms with Gasteiger partial charge in [0, 0.05) is 17.7 Å². The van der Waals surface area contributed by atoms with Gasteiger partial charge >= 0.3 is 0 Å². The molecule has 0 bridgehead atoms. The second kappa shape index (κ2) is 5.63. The van der Waals surface area contributed by atoms with Gasteiger partial charge in [-0.25, -0.2) is 0 Å². The van der Waals surface area contributed by atoms with E-state index < -0.39 is 4.92 Å². The third-order valence-electron chi connectivity index (χ3n) is 1.85. The molecule has 82 valence electrons. The van der Waals surface area contributed by atoms with Crippen LogP contribution in [0.15, 0.2) is 24.3 Å². The van der Waals surface area contributed by atoms with Crippen molar-refractivity contribution in [2.45, 2.75) is 6.42 Å². The zero-order valence-corrected chi connectivity index (χ0v) is 8.47. The van der Waals surface area contributed by atoms with E-state index in [1.54, 1.807) is 0 Å². The Kier molecular flexibility index (Phi) is 4.18. The van der Waals surface area contributed by atoms with E-state index in [0.29, 0.717) is 5.56 Å². The summed E-state index contributed by atoms with van der Waals surface area (Å²) in [6.07, 6.45) is 0.0262. The summed E-state index contributed by atoms with van der Waals surface area (Å²) in [5.41, 5.74) is 5.34. The third-order valence-corrected chi connectivity index (χ3v) is 1.85. The fraction of sp³-hybridized carbons (Fsp3) is 0.182. The smallest absolute Gasteiger partial charge is 0.270 e. The molecule has 1 rings (SSSR count). The molecule has 5 heteroatoms. The molecule has 0 saturated carbocycles. The Morgan fingerprint density at radius 1 is 1.44 bits per heavy atom. The van der Waals surface area contributed by atoms with Crippen molar-refractivity contribution in [3.63, 3.8) is 0 Å². The molecular weight excluding hydrogens is 208 g/mol. The minimum absolute atomic E-state index is 0.0262. The molecule has 0 fully saturated rings. The average molecular weight is 218 g/mol. The molecule has 5 nitrogen and oxygen atoms in total. The van der Waals surface area contributed by atoms with E-state index >= 15 is 0 Å². The van der Waals surface area contributed by atoms with Gasteiger partial charge in [0.05, 0.1) is 17.9 Å². The molecule has 0 amide bonds. The molecule has 0 saturated heterocycles. The van der Waals surface area contributed by atoms with Crippen molar-refractivity contribution in [1.29, 1.82) is 0 Å². The number of nitro benzene ring substituents is 1. The van der Waals surface area contributed by atoms with E-state index in [-0.39, 0.29) is 24.4 Å². The molecule has 0 unspecified atom stereocenters. The Bertz CT molecular complexity index is 472. The first-order valence-corrected chi connectivity index (χ1v) is 4.58. The number of hydrogen-bond acceptors (Lipinski definition) is 4. The Balaban J connectivity index is 2.83. The van der Waals surface area contributed by atoms with E-state index in [1.807, 2.05) is 0 Å². The van der Waals surface area contributed by atoms with Crippen LogP contribution in [-0.4, -0.2) is 17.3 Å². The fourth-order valence-electron chi connectivity index (χ4n) is 1.11. The minimum Gasteiger partial charge on any atom is -0.320 e.